The molecule has 1 saturated carbocycles. The van der Waals surface area contributed by atoms with E-state index in [0.29, 0.717) is 47.8 Å². The fourth-order valence-electron chi connectivity index (χ4n) is 7.19. The number of piperidine rings is 1. The molecule has 0 spiro atoms. The lowest BCUT2D eigenvalue weighted by Crippen LogP contribution is -2.53. The number of aromatic nitrogens is 2. The number of halogens is 2. The van der Waals surface area contributed by atoms with E-state index >= 15 is 0 Å². The molecule has 13 heteroatoms. The summed E-state index contributed by atoms with van der Waals surface area (Å²) in [6, 6.07) is 10.4. The van der Waals surface area contributed by atoms with E-state index < -0.39 is 17.7 Å². The maximum atomic E-state index is 14.7. The first kappa shape index (κ1) is 32.2. The van der Waals surface area contributed by atoms with Gasteiger partial charge in [0.1, 0.15) is 17.9 Å². The maximum Gasteiger partial charge on any atom is 0.247 e. The van der Waals surface area contributed by atoms with E-state index in [2.05, 4.69) is 41.9 Å². The Bertz CT molecular complexity index is 1640. The predicted octanol–water partition coefficient (Wildman–Crippen LogP) is 5.26. The number of rotatable bonds is 10. The number of nitrogens with one attached hydrogen (secondary N) is 2. The Labute approximate surface area is 279 Å². The van der Waals surface area contributed by atoms with Gasteiger partial charge in [0.15, 0.2) is 17.5 Å². The van der Waals surface area contributed by atoms with Crippen LogP contribution in [-0.4, -0.2) is 90.7 Å². The number of hydroxylamine groups is 1. The van der Waals surface area contributed by atoms with E-state index in [-0.39, 0.29) is 11.5 Å². The van der Waals surface area contributed by atoms with Crippen LogP contribution >= 0.6 is 0 Å². The molecule has 0 bridgehead atoms. The summed E-state index contributed by atoms with van der Waals surface area (Å²) in [6.45, 7) is 10.3. The molecule has 1 aliphatic carbocycles. The molecule has 1 atom stereocenters. The second-order valence-electron chi connectivity index (χ2n) is 12.8. The van der Waals surface area contributed by atoms with E-state index in [1.165, 1.54) is 49.5 Å². The average Bonchev–Trinajstić information content (AvgIpc) is 3.86. The molecule has 0 radical (unpaired) electrons. The average molecular weight is 661 g/mol. The number of amides is 1. The fraction of sp³-hybridized carbons (Fsp3) is 0.457. The summed E-state index contributed by atoms with van der Waals surface area (Å²) in [5.74, 6) is -0.764. The Morgan fingerprint density at radius 3 is 2.38 bits per heavy atom. The van der Waals surface area contributed by atoms with Crippen molar-refractivity contribution in [1.82, 2.24) is 19.8 Å². The van der Waals surface area contributed by atoms with Gasteiger partial charge in [0.25, 0.3) is 0 Å². The van der Waals surface area contributed by atoms with Crippen molar-refractivity contribution in [2.45, 2.75) is 50.2 Å². The largest absolute Gasteiger partial charge is 0.494 e. The SMILES string of the molecule is C=CC(=O)Nc1cc(Nc2cc(N3OCCC3c3cccc(F)c3F)ncn2)c(OC)cc1N1CCC(N2CCN(C3CC3)CC2)CC1. The number of methoxy groups -OCH3 is 1. The number of hydrogen-bond acceptors (Lipinski definition) is 10. The Morgan fingerprint density at radius 2 is 1.69 bits per heavy atom. The molecule has 11 nitrogen and oxygen atoms in total. The second kappa shape index (κ2) is 14.0. The number of benzene rings is 2. The highest BCUT2D eigenvalue weighted by Crippen LogP contribution is 2.41. The van der Waals surface area contributed by atoms with Crippen molar-refractivity contribution in [2.75, 3.05) is 73.6 Å². The van der Waals surface area contributed by atoms with Gasteiger partial charge in [-0.05, 0) is 43.9 Å². The van der Waals surface area contributed by atoms with Crippen LogP contribution in [0.15, 0.2) is 55.4 Å². The van der Waals surface area contributed by atoms with Gasteiger partial charge in [-0.25, -0.2) is 23.8 Å². The molecule has 7 rings (SSSR count). The van der Waals surface area contributed by atoms with Gasteiger partial charge in [0, 0.05) is 75.5 Å². The molecule has 2 aromatic carbocycles. The summed E-state index contributed by atoms with van der Waals surface area (Å²) >= 11 is 0. The van der Waals surface area contributed by atoms with E-state index in [4.69, 9.17) is 9.57 Å². The van der Waals surface area contributed by atoms with Gasteiger partial charge >= 0.3 is 0 Å². The molecular weight excluding hydrogens is 618 g/mol. The quantitative estimate of drug-likeness (QED) is 0.280. The van der Waals surface area contributed by atoms with Gasteiger partial charge in [-0.15, -0.1) is 0 Å². The topological polar surface area (TPSA) is 98.3 Å². The molecule has 4 aliphatic rings. The summed E-state index contributed by atoms with van der Waals surface area (Å²) in [6.07, 6.45) is 7.88. The molecular formula is C35H42F2N8O3. The first-order chi connectivity index (χ1) is 23.4. The molecule has 1 unspecified atom stereocenters. The van der Waals surface area contributed by atoms with Gasteiger partial charge in [-0.1, -0.05) is 18.7 Å². The lowest BCUT2D eigenvalue weighted by Gasteiger charge is -2.43. The minimum atomic E-state index is -0.911. The molecule has 48 heavy (non-hydrogen) atoms. The van der Waals surface area contributed by atoms with Gasteiger partial charge in [0.05, 0.1) is 36.8 Å². The van der Waals surface area contributed by atoms with Gasteiger partial charge < -0.3 is 20.3 Å². The van der Waals surface area contributed by atoms with Crippen LogP contribution in [-0.2, 0) is 9.63 Å². The number of carbonyl (C=O) groups excluding carboxylic acids is 1. The molecule has 2 N–H and O–H groups in total. The molecule has 3 aliphatic heterocycles. The third-order valence-electron chi connectivity index (χ3n) is 9.88. The summed E-state index contributed by atoms with van der Waals surface area (Å²) in [5, 5.41) is 7.76. The van der Waals surface area contributed by atoms with Crippen molar-refractivity contribution < 1.29 is 23.1 Å². The van der Waals surface area contributed by atoms with Crippen molar-refractivity contribution in [1.29, 1.82) is 0 Å². The number of hydrogen-bond donors (Lipinski definition) is 2. The molecule has 1 aromatic heterocycles. The third-order valence-corrected chi connectivity index (χ3v) is 9.88. The summed E-state index contributed by atoms with van der Waals surface area (Å²) in [4.78, 5) is 34.7. The van der Waals surface area contributed by atoms with Crippen LogP contribution < -0.4 is 25.3 Å². The highest BCUT2D eigenvalue weighted by atomic mass is 19.2. The number of piperazine rings is 1. The first-order valence-corrected chi connectivity index (χ1v) is 16.8. The van der Waals surface area contributed by atoms with E-state index in [1.807, 2.05) is 12.1 Å². The van der Waals surface area contributed by atoms with Gasteiger partial charge in [-0.3, -0.25) is 19.4 Å². The Balaban J connectivity index is 1.09. The zero-order chi connectivity index (χ0) is 33.2. The number of nitrogens with zero attached hydrogens (tertiary/aromatic N) is 6. The molecule has 1 amide bonds. The van der Waals surface area contributed by atoms with Crippen LogP contribution in [0.25, 0.3) is 0 Å². The van der Waals surface area contributed by atoms with Crippen LogP contribution in [0, 0.1) is 11.6 Å². The fourth-order valence-corrected chi connectivity index (χ4v) is 7.19. The molecule has 4 fully saturated rings. The zero-order valence-electron chi connectivity index (χ0n) is 27.2. The van der Waals surface area contributed by atoms with Crippen molar-refractivity contribution in [3.8, 4) is 5.75 Å². The van der Waals surface area contributed by atoms with Crippen LogP contribution in [0.3, 0.4) is 0 Å². The van der Waals surface area contributed by atoms with Crippen molar-refractivity contribution in [3.05, 3.63) is 72.6 Å². The van der Waals surface area contributed by atoms with Crippen LogP contribution in [0.5, 0.6) is 5.75 Å². The standard InChI is InChI=1S/C35H42F2N8O3/c1-3-34(46)41-27-19-28(40-32-21-33(39-22-38-32)45-29(11-18-48-45)25-5-4-6-26(36)35(25)37)31(47-2)20-30(27)44-12-9-24(10-13-44)43-16-14-42(15-17-43)23-7-8-23/h3-6,19-24,29H,1,7-18H2,2H3,(H,41,46)(H,38,39,40). The van der Waals surface area contributed by atoms with Crippen LogP contribution in [0.2, 0.25) is 0 Å². The van der Waals surface area contributed by atoms with E-state index in [1.54, 1.807) is 19.2 Å². The first-order valence-electron chi connectivity index (χ1n) is 16.8. The highest BCUT2D eigenvalue weighted by Gasteiger charge is 2.35. The minimum absolute atomic E-state index is 0.195. The number of carbonyl (C=O) groups is 1. The van der Waals surface area contributed by atoms with Crippen molar-refractivity contribution >= 4 is 34.6 Å². The summed E-state index contributed by atoms with van der Waals surface area (Å²) in [7, 11) is 1.60. The lowest BCUT2D eigenvalue weighted by atomic mass is 10.0. The van der Waals surface area contributed by atoms with E-state index in [9.17, 15) is 13.6 Å². The lowest BCUT2D eigenvalue weighted by molar-refractivity contribution is -0.111. The molecule has 254 valence electrons. The van der Waals surface area contributed by atoms with Crippen LogP contribution in [0.1, 0.15) is 43.7 Å². The monoisotopic (exact) mass is 660 g/mol. The molecule has 3 saturated heterocycles. The zero-order valence-corrected chi connectivity index (χ0v) is 27.2. The smallest absolute Gasteiger partial charge is 0.247 e. The van der Waals surface area contributed by atoms with Crippen LogP contribution in [0.4, 0.5) is 37.5 Å². The molecule has 3 aromatic rings. The summed E-state index contributed by atoms with van der Waals surface area (Å²) < 4.78 is 34.6. The summed E-state index contributed by atoms with van der Waals surface area (Å²) in [5.41, 5.74) is 2.27. The van der Waals surface area contributed by atoms with Crippen molar-refractivity contribution in [2.24, 2.45) is 0 Å². The van der Waals surface area contributed by atoms with Gasteiger partial charge in [-0.2, -0.15) is 0 Å². The Kier molecular flexibility index (Phi) is 9.42. The normalized spacial score (nSPS) is 20.9. The third kappa shape index (κ3) is 6.80. The van der Waals surface area contributed by atoms with E-state index in [0.717, 1.165) is 56.8 Å². The van der Waals surface area contributed by atoms with Gasteiger partial charge in [0.2, 0.25) is 5.91 Å². The predicted molar refractivity (Wildman–Crippen MR) is 181 cm³/mol. The number of ether oxygens (including phenoxy) is 1. The van der Waals surface area contributed by atoms with Crippen molar-refractivity contribution in [3.63, 3.8) is 0 Å². The minimum Gasteiger partial charge on any atom is -0.494 e. The highest BCUT2D eigenvalue weighted by molar-refractivity contribution is 6.02. The Hall–Kier alpha value is -4.33. The maximum absolute atomic E-state index is 14.7. The number of anilines is 5. The second-order valence-corrected chi connectivity index (χ2v) is 12.8. The molecule has 4 heterocycles. The Morgan fingerprint density at radius 1 is 0.958 bits per heavy atom.